The third-order valence-electron chi connectivity index (χ3n) is 7.65. The maximum atomic E-state index is 13.0. The number of benzene rings is 2. The molecule has 0 aliphatic heterocycles. The third-order valence-corrected chi connectivity index (χ3v) is 7.65. The van der Waals surface area contributed by atoms with Crippen molar-refractivity contribution in [3.05, 3.63) is 77.5 Å². The van der Waals surface area contributed by atoms with Gasteiger partial charge in [-0.2, -0.15) is 0 Å². The molecule has 1 aromatic heterocycles. The summed E-state index contributed by atoms with van der Waals surface area (Å²) in [6.07, 6.45) is 6.62. The number of aromatic nitrogens is 1. The Kier molecular flexibility index (Phi) is 5.51. The first-order valence-corrected chi connectivity index (χ1v) is 12.5. The summed E-state index contributed by atoms with van der Waals surface area (Å²) < 4.78 is 0. The number of Topliss-reactive ketones (excluding diaryl/α,β-unsaturated/α-hetero) is 1. The largest absolute Gasteiger partial charge is 0.294 e. The van der Waals surface area contributed by atoms with E-state index in [-0.39, 0.29) is 11.2 Å². The summed E-state index contributed by atoms with van der Waals surface area (Å²) in [5.41, 5.74) is 7.83. The van der Waals surface area contributed by atoms with Gasteiger partial charge in [0.05, 0.1) is 11.4 Å². The van der Waals surface area contributed by atoms with Gasteiger partial charge in [-0.3, -0.25) is 9.78 Å². The van der Waals surface area contributed by atoms with Crippen LogP contribution in [0, 0.1) is 11.3 Å². The van der Waals surface area contributed by atoms with Crippen LogP contribution in [0.1, 0.15) is 81.4 Å². The zero-order valence-electron chi connectivity index (χ0n) is 20.4. The van der Waals surface area contributed by atoms with Gasteiger partial charge in [-0.25, -0.2) is 0 Å². The van der Waals surface area contributed by atoms with Gasteiger partial charge in [0.1, 0.15) is 0 Å². The summed E-state index contributed by atoms with van der Waals surface area (Å²) in [6, 6.07) is 21.7. The smallest absolute Gasteiger partial charge is 0.165 e. The molecule has 0 atom stereocenters. The number of rotatable bonds is 5. The Morgan fingerprint density at radius 1 is 0.879 bits per heavy atom. The van der Waals surface area contributed by atoms with Crippen LogP contribution < -0.4 is 0 Å². The van der Waals surface area contributed by atoms with Crippen molar-refractivity contribution in [2.24, 2.45) is 11.3 Å². The van der Waals surface area contributed by atoms with E-state index in [1.807, 2.05) is 6.07 Å². The standard InChI is InChI=1S/C31H35NO/c1-21(2)18-31(15-8-16-31)24-13-11-23(12-14-24)29-25(22-9-6-5-7-10-22)17-26-27(32-29)19-30(3,4)20-28(26)33/h5-7,9-14,17,21H,8,15-16,18-20H2,1-4H3. The molecule has 2 aliphatic carbocycles. The lowest BCUT2D eigenvalue weighted by molar-refractivity contribution is 0.0910. The van der Waals surface area contributed by atoms with E-state index in [2.05, 4.69) is 82.3 Å². The molecule has 2 heteroatoms. The molecule has 170 valence electrons. The molecule has 0 spiro atoms. The van der Waals surface area contributed by atoms with Gasteiger partial charge in [-0.05, 0) is 59.6 Å². The van der Waals surface area contributed by atoms with E-state index in [0.29, 0.717) is 17.8 Å². The minimum Gasteiger partial charge on any atom is -0.294 e. The van der Waals surface area contributed by atoms with Gasteiger partial charge < -0.3 is 0 Å². The molecule has 0 N–H and O–H groups in total. The van der Waals surface area contributed by atoms with E-state index in [4.69, 9.17) is 4.98 Å². The van der Waals surface area contributed by atoms with Crippen molar-refractivity contribution in [2.75, 3.05) is 0 Å². The highest BCUT2D eigenvalue weighted by molar-refractivity contribution is 6.01. The van der Waals surface area contributed by atoms with Crippen LogP contribution in [0.2, 0.25) is 0 Å². The maximum Gasteiger partial charge on any atom is 0.165 e. The van der Waals surface area contributed by atoms with Crippen LogP contribution in [0.25, 0.3) is 22.4 Å². The average molecular weight is 438 g/mol. The fourth-order valence-electron chi connectivity index (χ4n) is 6.01. The fourth-order valence-corrected chi connectivity index (χ4v) is 6.01. The molecule has 0 radical (unpaired) electrons. The monoisotopic (exact) mass is 437 g/mol. The van der Waals surface area contributed by atoms with Gasteiger partial charge in [0.2, 0.25) is 0 Å². The summed E-state index contributed by atoms with van der Waals surface area (Å²) in [6.45, 7) is 9.00. The minimum absolute atomic E-state index is 0.0417. The highest BCUT2D eigenvalue weighted by Crippen LogP contribution is 2.48. The van der Waals surface area contributed by atoms with Crippen molar-refractivity contribution in [3.8, 4) is 22.4 Å². The molecular weight excluding hydrogens is 402 g/mol. The van der Waals surface area contributed by atoms with E-state index >= 15 is 0 Å². The molecule has 0 bridgehead atoms. The van der Waals surface area contributed by atoms with E-state index in [1.54, 1.807) is 0 Å². The zero-order chi connectivity index (χ0) is 23.2. The second-order valence-electron chi connectivity index (χ2n) is 11.5. The summed E-state index contributed by atoms with van der Waals surface area (Å²) >= 11 is 0. The van der Waals surface area contributed by atoms with Crippen LogP contribution in [0.5, 0.6) is 0 Å². The number of hydrogen-bond acceptors (Lipinski definition) is 2. The summed E-state index contributed by atoms with van der Waals surface area (Å²) in [4.78, 5) is 18.1. The lowest BCUT2D eigenvalue weighted by Gasteiger charge is -2.44. The number of carbonyl (C=O) groups is 1. The molecule has 2 nitrogen and oxygen atoms in total. The predicted molar refractivity (Wildman–Crippen MR) is 137 cm³/mol. The highest BCUT2D eigenvalue weighted by Gasteiger charge is 2.39. The number of fused-ring (bicyclic) bond motifs is 1. The Hall–Kier alpha value is -2.74. The second kappa shape index (κ2) is 8.24. The lowest BCUT2D eigenvalue weighted by atomic mass is 9.61. The Labute approximate surface area is 198 Å². The molecule has 33 heavy (non-hydrogen) atoms. The molecule has 1 fully saturated rings. The van der Waals surface area contributed by atoms with Gasteiger partial charge in [0.25, 0.3) is 0 Å². The quantitative estimate of drug-likeness (QED) is 0.404. The number of nitrogens with zero attached hydrogens (tertiary/aromatic N) is 1. The second-order valence-corrected chi connectivity index (χ2v) is 11.5. The maximum absolute atomic E-state index is 13.0. The first-order valence-electron chi connectivity index (χ1n) is 12.5. The molecule has 1 heterocycles. The van der Waals surface area contributed by atoms with Crippen molar-refractivity contribution in [1.29, 1.82) is 0 Å². The Morgan fingerprint density at radius 3 is 2.18 bits per heavy atom. The van der Waals surface area contributed by atoms with Gasteiger partial charge in [0, 0.05) is 23.1 Å². The Balaban J connectivity index is 1.61. The zero-order valence-corrected chi connectivity index (χ0v) is 20.4. The highest BCUT2D eigenvalue weighted by atomic mass is 16.1. The van der Waals surface area contributed by atoms with E-state index in [1.165, 1.54) is 31.2 Å². The Morgan fingerprint density at radius 2 is 1.58 bits per heavy atom. The van der Waals surface area contributed by atoms with Crippen LogP contribution in [0.15, 0.2) is 60.7 Å². The van der Waals surface area contributed by atoms with Gasteiger partial charge in [0.15, 0.2) is 5.78 Å². The average Bonchev–Trinajstić information content (AvgIpc) is 2.75. The summed E-state index contributed by atoms with van der Waals surface area (Å²) in [7, 11) is 0. The number of carbonyl (C=O) groups excluding carboxylic acids is 1. The Bertz CT molecular complexity index is 1170. The molecule has 0 saturated heterocycles. The molecule has 2 aromatic carbocycles. The van der Waals surface area contributed by atoms with E-state index in [0.717, 1.165) is 40.1 Å². The van der Waals surface area contributed by atoms with Crippen molar-refractivity contribution in [3.63, 3.8) is 0 Å². The molecular formula is C31H35NO. The summed E-state index contributed by atoms with van der Waals surface area (Å²) in [5.74, 6) is 0.923. The van der Waals surface area contributed by atoms with Crippen LogP contribution >= 0.6 is 0 Å². The van der Waals surface area contributed by atoms with Crippen LogP contribution in [0.4, 0.5) is 0 Å². The van der Waals surface area contributed by atoms with E-state index in [9.17, 15) is 4.79 Å². The topological polar surface area (TPSA) is 30.0 Å². The van der Waals surface area contributed by atoms with Crippen molar-refractivity contribution < 1.29 is 4.79 Å². The van der Waals surface area contributed by atoms with Crippen LogP contribution in [-0.2, 0) is 11.8 Å². The first kappa shape index (κ1) is 22.1. The van der Waals surface area contributed by atoms with Crippen molar-refractivity contribution >= 4 is 5.78 Å². The molecule has 5 rings (SSSR count). The lowest BCUT2D eigenvalue weighted by Crippen LogP contribution is -2.35. The molecule has 3 aromatic rings. The van der Waals surface area contributed by atoms with Gasteiger partial charge in [-0.1, -0.05) is 88.7 Å². The van der Waals surface area contributed by atoms with Crippen molar-refractivity contribution in [1.82, 2.24) is 4.98 Å². The van der Waals surface area contributed by atoms with Crippen LogP contribution in [-0.4, -0.2) is 10.8 Å². The predicted octanol–water partition coefficient (Wildman–Crippen LogP) is 8.04. The minimum atomic E-state index is -0.0417. The van der Waals surface area contributed by atoms with E-state index < -0.39 is 0 Å². The molecule has 0 unspecified atom stereocenters. The van der Waals surface area contributed by atoms with Gasteiger partial charge >= 0.3 is 0 Å². The third kappa shape index (κ3) is 4.16. The first-order chi connectivity index (χ1) is 15.8. The SMILES string of the molecule is CC(C)CC1(c2ccc(-c3nc4c(cc3-c3ccccc3)C(=O)CC(C)(C)C4)cc2)CCC1. The number of pyridine rings is 1. The molecule has 1 saturated carbocycles. The fraction of sp³-hybridized carbons (Fsp3) is 0.419. The summed E-state index contributed by atoms with van der Waals surface area (Å²) in [5, 5.41) is 0. The normalized spacial score (nSPS) is 18.6. The molecule has 0 amide bonds. The van der Waals surface area contributed by atoms with Gasteiger partial charge in [-0.15, -0.1) is 0 Å². The number of ketones is 1. The number of hydrogen-bond donors (Lipinski definition) is 0. The van der Waals surface area contributed by atoms with Crippen LogP contribution in [0.3, 0.4) is 0 Å². The molecule has 2 aliphatic rings. The van der Waals surface area contributed by atoms with Crippen molar-refractivity contribution in [2.45, 2.75) is 71.6 Å².